The van der Waals surface area contributed by atoms with E-state index in [2.05, 4.69) is 12.0 Å². The predicted octanol–water partition coefficient (Wildman–Crippen LogP) is 4.50. The molecule has 0 saturated heterocycles. The molecule has 1 aliphatic rings. The highest BCUT2D eigenvalue weighted by Gasteiger charge is 2.29. The van der Waals surface area contributed by atoms with Crippen LogP contribution in [0.2, 0.25) is 0 Å². The zero-order chi connectivity index (χ0) is 18.8. The van der Waals surface area contributed by atoms with Crippen molar-refractivity contribution in [2.24, 2.45) is 16.8 Å². The number of para-hydroxylation sites is 1. The highest BCUT2D eigenvalue weighted by Crippen LogP contribution is 2.27. The summed E-state index contributed by atoms with van der Waals surface area (Å²) in [5, 5.41) is 6.15. The maximum atomic E-state index is 12.6. The van der Waals surface area contributed by atoms with E-state index in [0.717, 1.165) is 30.7 Å². The van der Waals surface area contributed by atoms with Gasteiger partial charge in [-0.1, -0.05) is 63.1 Å². The van der Waals surface area contributed by atoms with Gasteiger partial charge in [-0.25, -0.2) is 0 Å². The number of thioether (sulfide) groups is 1. The molecule has 1 atom stereocenters. The second-order valence-corrected chi connectivity index (χ2v) is 7.33. The van der Waals surface area contributed by atoms with Gasteiger partial charge in [0, 0.05) is 5.75 Å². The molecule has 0 radical (unpaired) electrons. The van der Waals surface area contributed by atoms with Crippen molar-refractivity contribution in [3.63, 3.8) is 0 Å². The monoisotopic (exact) mass is 375 g/mol. The van der Waals surface area contributed by atoms with Crippen LogP contribution in [0.5, 0.6) is 0 Å². The van der Waals surface area contributed by atoms with Gasteiger partial charge < -0.3 is 10.5 Å². The lowest BCUT2D eigenvalue weighted by Gasteiger charge is -2.28. The summed E-state index contributed by atoms with van der Waals surface area (Å²) in [6.45, 7) is 4.79. The number of carbonyl (C=O) groups excluding carboxylic acids is 1. The first-order chi connectivity index (χ1) is 12.7. The van der Waals surface area contributed by atoms with E-state index < -0.39 is 5.92 Å². The summed E-state index contributed by atoms with van der Waals surface area (Å²) in [6, 6.07) is 9.68. The predicted molar refractivity (Wildman–Crippen MR) is 110 cm³/mol. The van der Waals surface area contributed by atoms with Crippen LogP contribution < -0.4 is 10.7 Å². The number of hydrazone groups is 1. The van der Waals surface area contributed by atoms with E-state index in [1.54, 1.807) is 11.1 Å². The number of anilines is 1. The Morgan fingerprint density at radius 3 is 2.65 bits per heavy atom. The smallest absolute Gasteiger partial charge is 0.212 e. The normalized spacial score (nSPS) is 16.8. The van der Waals surface area contributed by atoms with Crippen LogP contribution in [0.1, 0.15) is 46.0 Å². The number of amidine groups is 1. The van der Waals surface area contributed by atoms with Crippen molar-refractivity contribution in [3.8, 4) is 0 Å². The zero-order valence-electron chi connectivity index (χ0n) is 15.7. The van der Waals surface area contributed by atoms with Crippen LogP contribution in [0.15, 0.2) is 47.4 Å². The Balaban J connectivity index is 2.08. The molecular formula is C20H29N3O2S. The van der Waals surface area contributed by atoms with Crippen LogP contribution in [0.3, 0.4) is 0 Å². The highest BCUT2D eigenvalue weighted by atomic mass is 32.2. The largest absolute Gasteiger partial charge is 0.478 e. The third-order valence-corrected chi connectivity index (χ3v) is 5.03. The summed E-state index contributed by atoms with van der Waals surface area (Å²) in [6.07, 6.45) is 7.29. The third-order valence-electron chi connectivity index (χ3n) is 4.00. The lowest BCUT2D eigenvalue weighted by Crippen LogP contribution is -2.37. The van der Waals surface area contributed by atoms with Gasteiger partial charge in [0.05, 0.1) is 12.3 Å². The third kappa shape index (κ3) is 5.80. The number of unbranched alkanes of at least 4 members (excludes halogenated alkanes) is 3. The quantitative estimate of drug-likeness (QED) is 0.610. The Labute approximate surface area is 160 Å². The molecule has 2 N–H and O–H groups in total. The van der Waals surface area contributed by atoms with Gasteiger partial charge in [0.25, 0.3) is 0 Å². The van der Waals surface area contributed by atoms with E-state index in [9.17, 15) is 4.79 Å². The summed E-state index contributed by atoms with van der Waals surface area (Å²) < 4.78 is 5.85. The molecule has 0 aliphatic carbocycles. The Bertz CT molecular complexity index is 631. The zero-order valence-corrected chi connectivity index (χ0v) is 16.5. The number of hydrogen-bond donors (Lipinski definition) is 1. The van der Waals surface area contributed by atoms with Gasteiger partial charge in [-0.05, 0) is 31.1 Å². The minimum absolute atomic E-state index is 0.0352. The van der Waals surface area contributed by atoms with Crippen molar-refractivity contribution in [3.05, 3.63) is 42.3 Å². The number of nitrogens with two attached hydrogens (primary N) is 1. The molecule has 2 rings (SSSR count). The van der Waals surface area contributed by atoms with Crippen LogP contribution in [0.4, 0.5) is 5.69 Å². The molecule has 6 heteroatoms. The van der Waals surface area contributed by atoms with Gasteiger partial charge in [0.1, 0.15) is 11.8 Å². The average molecular weight is 376 g/mol. The molecule has 1 aromatic carbocycles. The standard InChI is InChI=1S/C20H29N3O2S/c1-3-5-6-10-14-26-20(24)17-15-18(25-13-4-2)23(22-19(17)21)16-11-8-7-9-12-16/h7-9,11-12,15,17H,3-6,10,13-14H2,1-2H3,(H2,21,22). The molecular weight excluding hydrogens is 346 g/mol. The number of hydrogen-bond acceptors (Lipinski definition) is 6. The van der Waals surface area contributed by atoms with E-state index in [0.29, 0.717) is 18.3 Å². The lowest BCUT2D eigenvalue weighted by atomic mass is 10.1. The van der Waals surface area contributed by atoms with E-state index in [1.165, 1.54) is 24.6 Å². The summed E-state index contributed by atoms with van der Waals surface area (Å²) >= 11 is 1.34. The van der Waals surface area contributed by atoms with Crippen molar-refractivity contribution >= 4 is 28.4 Å². The maximum Gasteiger partial charge on any atom is 0.212 e. The summed E-state index contributed by atoms with van der Waals surface area (Å²) in [5.41, 5.74) is 6.98. The molecule has 0 amide bonds. The maximum absolute atomic E-state index is 12.6. The first-order valence-electron chi connectivity index (χ1n) is 9.37. The Morgan fingerprint density at radius 2 is 1.96 bits per heavy atom. The van der Waals surface area contributed by atoms with Gasteiger partial charge in [0.15, 0.2) is 0 Å². The second-order valence-electron chi connectivity index (χ2n) is 6.23. The number of nitrogens with zero attached hydrogens (tertiary/aromatic N) is 2. The highest BCUT2D eigenvalue weighted by molar-refractivity contribution is 8.13. The Hall–Kier alpha value is -1.95. The topological polar surface area (TPSA) is 67.9 Å². The molecule has 0 spiro atoms. The van der Waals surface area contributed by atoms with Crippen LogP contribution in [-0.2, 0) is 9.53 Å². The number of ether oxygens (including phenoxy) is 1. The lowest BCUT2D eigenvalue weighted by molar-refractivity contribution is -0.111. The van der Waals surface area contributed by atoms with E-state index >= 15 is 0 Å². The van der Waals surface area contributed by atoms with Gasteiger partial charge >= 0.3 is 0 Å². The van der Waals surface area contributed by atoms with Crippen molar-refractivity contribution in [2.75, 3.05) is 17.4 Å². The first kappa shape index (κ1) is 20.4. The van der Waals surface area contributed by atoms with Crippen LogP contribution in [0, 0.1) is 5.92 Å². The van der Waals surface area contributed by atoms with Crippen LogP contribution in [0.25, 0.3) is 0 Å². The molecule has 1 aromatic rings. The van der Waals surface area contributed by atoms with Crippen molar-refractivity contribution < 1.29 is 9.53 Å². The average Bonchev–Trinajstić information content (AvgIpc) is 2.67. The minimum atomic E-state index is -0.530. The number of rotatable bonds is 10. The van der Waals surface area contributed by atoms with Gasteiger partial charge in [-0.3, -0.25) is 4.79 Å². The fraction of sp³-hybridized carbons (Fsp3) is 0.500. The molecule has 1 heterocycles. The summed E-state index contributed by atoms with van der Waals surface area (Å²) in [4.78, 5) is 12.6. The van der Waals surface area contributed by atoms with Gasteiger partial charge in [-0.2, -0.15) is 10.1 Å². The molecule has 142 valence electrons. The van der Waals surface area contributed by atoms with Gasteiger partial charge in [-0.15, -0.1) is 0 Å². The molecule has 5 nitrogen and oxygen atoms in total. The molecule has 1 unspecified atom stereocenters. The fourth-order valence-electron chi connectivity index (χ4n) is 2.58. The van der Waals surface area contributed by atoms with Crippen LogP contribution in [-0.4, -0.2) is 23.3 Å². The molecule has 1 aliphatic heterocycles. The van der Waals surface area contributed by atoms with Gasteiger partial charge in [0.2, 0.25) is 11.0 Å². The van der Waals surface area contributed by atoms with Crippen molar-refractivity contribution in [1.82, 2.24) is 0 Å². The van der Waals surface area contributed by atoms with Crippen molar-refractivity contribution in [1.29, 1.82) is 0 Å². The van der Waals surface area contributed by atoms with Crippen molar-refractivity contribution in [2.45, 2.75) is 46.0 Å². The summed E-state index contributed by atoms with van der Waals surface area (Å²) in [7, 11) is 0. The van der Waals surface area contributed by atoms with E-state index in [1.807, 2.05) is 37.3 Å². The molecule has 0 aromatic heterocycles. The molecule has 0 saturated carbocycles. The Morgan fingerprint density at radius 1 is 1.19 bits per heavy atom. The Kier molecular flexibility index (Phi) is 8.54. The molecule has 0 fully saturated rings. The number of benzene rings is 1. The second kappa shape index (κ2) is 10.9. The molecule has 26 heavy (non-hydrogen) atoms. The van der Waals surface area contributed by atoms with E-state index in [4.69, 9.17) is 10.5 Å². The summed E-state index contributed by atoms with van der Waals surface area (Å²) in [5.74, 6) is 1.17. The number of carbonyl (C=O) groups is 1. The molecule has 0 bridgehead atoms. The fourth-order valence-corrected chi connectivity index (χ4v) is 3.49. The first-order valence-corrected chi connectivity index (χ1v) is 10.4. The van der Waals surface area contributed by atoms with Crippen LogP contribution >= 0.6 is 11.8 Å². The minimum Gasteiger partial charge on any atom is -0.478 e. The van der Waals surface area contributed by atoms with E-state index in [-0.39, 0.29) is 5.12 Å². The SMILES string of the molecule is CCCCCCSC(=O)C1C=C(OCCC)N(c2ccccc2)N=C1N.